The van der Waals surface area contributed by atoms with Gasteiger partial charge in [-0.1, -0.05) is 26.3 Å². The standard InChI is InChI=1S/C28H39F13O3.C14H14F10O/c1-5-18(19-8-10-22(14-19,26(33,34)35)44-16(4)43-6-2)11-15(3)20-12-17-7-9-21(20,13-17)23(42,24(29,30)27(36,37)38)25(31,32)28(39,40)41;1-2-8-5-7-3-4-9(8,6-7)10(25,11(15,16)13(19,20)21)12(17,18)14(22,23)24/h15-20,42H,5-14H2,1-4H3;2,7-8,25H,1,3-6H2. The average Bonchev–Trinajstić information content (AvgIpc) is 4.04. The molecule has 5 aliphatic carbocycles. The molecule has 0 saturated heterocycles. The maximum Gasteiger partial charge on any atom is 0.456 e. The van der Waals surface area contributed by atoms with Gasteiger partial charge in [-0.3, -0.25) is 0 Å². The summed E-state index contributed by atoms with van der Waals surface area (Å²) in [5.74, 6) is -34.1. The monoisotopic (exact) mass is 1060 g/mol. The van der Waals surface area contributed by atoms with Gasteiger partial charge in [0, 0.05) is 17.4 Å². The Kier molecular flexibility index (Phi) is 15.9. The van der Waals surface area contributed by atoms with Crippen LogP contribution in [0.15, 0.2) is 12.7 Å². The molecule has 406 valence electrons. The van der Waals surface area contributed by atoms with Crippen LogP contribution < -0.4 is 0 Å². The van der Waals surface area contributed by atoms with Crippen molar-refractivity contribution in [2.24, 2.45) is 52.3 Å². The predicted molar refractivity (Wildman–Crippen MR) is 196 cm³/mol. The van der Waals surface area contributed by atoms with Gasteiger partial charge in [0.05, 0.1) is 0 Å². The number of rotatable bonds is 16. The van der Waals surface area contributed by atoms with E-state index in [0.29, 0.717) is 0 Å². The van der Waals surface area contributed by atoms with Crippen LogP contribution in [0.3, 0.4) is 0 Å². The molecule has 4 nitrogen and oxygen atoms in total. The summed E-state index contributed by atoms with van der Waals surface area (Å²) in [6, 6.07) is 0. The second-order valence-corrected chi connectivity index (χ2v) is 19.7. The van der Waals surface area contributed by atoms with Crippen molar-refractivity contribution in [3.63, 3.8) is 0 Å². The molecule has 69 heavy (non-hydrogen) atoms. The number of halogens is 23. The predicted octanol–water partition coefficient (Wildman–Crippen LogP) is 14.6. The number of allylic oxidation sites excluding steroid dienone is 1. The Balaban J connectivity index is 0.000000350. The minimum atomic E-state index is -6.95. The number of fused-ring (bicyclic) bond motifs is 4. The third kappa shape index (κ3) is 8.92. The highest BCUT2D eigenvalue weighted by molar-refractivity contribution is 5.26. The number of alkyl halides is 23. The van der Waals surface area contributed by atoms with E-state index in [0.717, 1.165) is 6.08 Å². The van der Waals surface area contributed by atoms with Crippen LogP contribution in [0.4, 0.5) is 101 Å². The molecule has 0 heterocycles. The molecule has 0 aromatic carbocycles. The molecule has 2 N–H and O–H groups in total. The summed E-state index contributed by atoms with van der Waals surface area (Å²) in [6.45, 7) is 8.99. The van der Waals surface area contributed by atoms with Crippen molar-refractivity contribution in [2.75, 3.05) is 6.61 Å². The molecule has 5 rings (SSSR count). The first-order chi connectivity index (χ1) is 30.8. The number of ether oxygens (including phenoxy) is 2. The van der Waals surface area contributed by atoms with E-state index < -0.39 is 168 Å². The van der Waals surface area contributed by atoms with Crippen molar-refractivity contribution in [2.45, 2.75) is 189 Å². The normalized spacial score (nSPS) is 32.3. The molecule has 4 bridgehead atoms. The maximum absolute atomic E-state index is 15.0. The van der Waals surface area contributed by atoms with Crippen LogP contribution in [0.25, 0.3) is 0 Å². The van der Waals surface area contributed by atoms with E-state index in [-0.39, 0.29) is 51.6 Å². The SMILES string of the molecule is C=CC1CC2CCC1(C(O)(C(F)(F)C(F)(F)F)C(F)(F)C(F)(F)F)C2.CCOC(C)OC1(C(F)(F)F)CCC(C(CC)CC(C)C2CC3CCC2(C(O)(C(F)(F)C(F)(F)F)C(F)(F)C(F)(F)F)C3)C1. The molecule has 5 aliphatic rings. The van der Waals surface area contributed by atoms with Gasteiger partial charge in [0.25, 0.3) is 0 Å². The summed E-state index contributed by atoms with van der Waals surface area (Å²) < 4.78 is 328. The van der Waals surface area contributed by atoms with Crippen LogP contribution >= 0.6 is 0 Å². The summed E-state index contributed by atoms with van der Waals surface area (Å²) in [4.78, 5) is 0. The molecule has 0 spiro atoms. The minimum Gasteiger partial charge on any atom is -0.377 e. The molecule has 0 aromatic rings. The molecule has 11 unspecified atom stereocenters. The first-order valence-electron chi connectivity index (χ1n) is 22.0. The molecular weight excluding hydrogens is 1010 g/mol. The van der Waals surface area contributed by atoms with Gasteiger partial charge in [0.1, 0.15) is 0 Å². The summed E-state index contributed by atoms with van der Waals surface area (Å²) in [6.07, 6.45) is -38.0. The van der Waals surface area contributed by atoms with Crippen LogP contribution in [0.1, 0.15) is 111 Å². The highest BCUT2D eigenvalue weighted by atomic mass is 19.4. The molecular formula is C42H53F23O4. The van der Waals surface area contributed by atoms with Gasteiger partial charge in [-0.25, -0.2) is 0 Å². The van der Waals surface area contributed by atoms with Gasteiger partial charge in [0.15, 0.2) is 11.9 Å². The molecule has 5 fully saturated rings. The lowest BCUT2D eigenvalue weighted by atomic mass is 9.55. The van der Waals surface area contributed by atoms with Crippen molar-refractivity contribution in [3.8, 4) is 0 Å². The zero-order valence-electron chi connectivity index (χ0n) is 37.2. The Morgan fingerprint density at radius 3 is 1.35 bits per heavy atom. The van der Waals surface area contributed by atoms with Crippen molar-refractivity contribution >= 4 is 0 Å². The Hall–Kier alpha value is -2.03. The molecule has 0 aliphatic heterocycles. The van der Waals surface area contributed by atoms with Crippen molar-refractivity contribution in [3.05, 3.63) is 12.7 Å². The Bertz CT molecular complexity index is 1740. The zero-order valence-corrected chi connectivity index (χ0v) is 37.2. The van der Waals surface area contributed by atoms with E-state index in [1.807, 2.05) is 0 Å². The Labute approximate surface area is 381 Å². The lowest BCUT2D eigenvalue weighted by molar-refractivity contribution is -0.451. The van der Waals surface area contributed by atoms with Gasteiger partial charge in [-0.15, -0.1) is 6.58 Å². The van der Waals surface area contributed by atoms with E-state index in [4.69, 9.17) is 9.47 Å². The molecule has 0 radical (unpaired) electrons. The Morgan fingerprint density at radius 2 is 0.986 bits per heavy atom. The maximum atomic E-state index is 15.0. The number of hydrogen-bond acceptors (Lipinski definition) is 4. The second kappa shape index (κ2) is 18.4. The van der Waals surface area contributed by atoms with E-state index >= 15 is 0 Å². The summed E-state index contributed by atoms with van der Waals surface area (Å²) in [5, 5.41) is 20.9. The summed E-state index contributed by atoms with van der Waals surface area (Å²) in [5.41, 5.74) is -20.3. The number of hydrogen-bond donors (Lipinski definition) is 2. The van der Waals surface area contributed by atoms with E-state index in [1.54, 1.807) is 13.8 Å². The van der Waals surface area contributed by atoms with Crippen molar-refractivity contribution < 1.29 is 121 Å². The van der Waals surface area contributed by atoms with Crippen molar-refractivity contribution in [1.29, 1.82) is 0 Å². The third-order valence-electron chi connectivity index (χ3n) is 16.2. The van der Waals surface area contributed by atoms with Crippen LogP contribution in [0.5, 0.6) is 0 Å². The highest BCUT2D eigenvalue weighted by Crippen LogP contribution is 2.75. The largest absolute Gasteiger partial charge is 0.456 e. The second-order valence-electron chi connectivity index (χ2n) is 19.7. The summed E-state index contributed by atoms with van der Waals surface area (Å²) >= 11 is 0. The molecule has 0 aromatic heterocycles. The first-order valence-corrected chi connectivity index (χ1v) is 22.0. The minimum absolute atomic E-state index is 0.00968. The first kappa shape index (κ1) is 59.5. The molecule has 5 saturated carbocycles. The molecule has 27 heteroatoms. The van der Waals surface area contributed by atoms with E-state index in [2.05, 4.69) is 6.58 Å². The topological polar surface area (TPSA) is 58.9 Å². The number of aliphatic hydroxyl groups is 2. The van der Waals surface area contributed by atoms with Crippen LogP contribution in [-0.2, 0) is 9.47 Å². The Morgan fingerprint density at radius 1 is 0.580 bits per heavy atom. The zero-order chi connectivity index (χ0) is 53.6. The smallest absolute Gasteiger partial charge is 0.377 e. The molecule has 11 atom stereocenters. The van der Waals surface area contributed by atoms with Crippen LogP contribution in [0, 0.1) is 52.3 Å². The lowest BCUT2D eigenvalue weighted by Gasteiger charge is -2.55. The fraction of sp³-hybridized carbons (Fsp3) is 0.952. The van der Waals surface area contributed by atoms with E-state index in [1.165, 1.54) is 13.8 Å². The van der Waals surface area contributed by atoms with Gasteiger partial charge in [0.2, 0.25) is 11.2 Å². The van der Waals surface area contributed by atoms with Gasteiger partial charge < -0.3 is 19.7 Å². The van der Waals surface area contributed by atoms with Crippen molar-refractivity contribution in [1.82, 2.24) is 0 Å². The van der Waals surface area contributed by atoms with Crippen LogP contribution in [0.2, 0.25) is 0 Å². The highest BCUT2D eigenvalue weighted by Gasteiger charge is 2.93. The van der Waals surface area contributed by atoms with E-state index in [9.17, 15) is 111 Å². The van der Waals surface area contributed by atoms with Gasteiger partial charge in [-0.2, -0.15) is 101 Å². The fourth-order valence-electron chi connectivity index (χ4n) is 13.2. The third-order valence-corrected chi connectivity index (χ3v) is 16.2. The average molecular weight is 1060 g/mol. The summed E-state index contributed by atoms with van der Waals surface area (Å²) in [7, 11) is 0. The molecule has 0 amide bonds. The lowest BCUT2D eigenvalue weighted by Crippen LogP contribution is -2.77. The quantitative estimate of drug-likeness (QED) is 0.0919. The van der Waals surface area contributed by atoms with Gasteiger partial charge in [-0.05, 0) is 132 Å². The van der Waals surface area contributed by atoms with Crippen LogP contribution in [-0.4, -0.2) is 94.5 Å². The fourth-order valence-corrected chi connectivity index (χ4v) is 13.2. The van der Waals surface area contributed by atoms with Gasteiger partial charge >= 0.3 is 54.6 Å².